The number of nitrogen functional groups attached to an aromatic ring is 1. The molecule has 6 heteroatoms. The zero-order valence-electron chi connectivity index (χ0n) is 10.7. The molecule has 0 fully saturated rings. The van der Waals surface area contributed by atoms with Gasteiger partial charge in [0.2, 0.25) is 5.90 Å². The molecule has 20 heavy (non-hydrogen) atoms. The van der Waals surface area contributed by atoms with E-state index in [2.05, 4.69) is 4.98 Å². The maximum absolute atomic E-state index is 9.19. The number of nitrogens with zero attached hydrogens (tertiary/aromatic N) is 1. The van der Waals surface area contributed by atoms with Gasteiger partial charge >= 0.3 is 5.90 Å². The molecule has 2 aromatic rings. The lowest BCUT2D eigenvalue weighted by Crippen LogP contribution is -2.44. The highest BCUT2D eigenvalue weighted by Gasteiger charge is 2.14. The molecule has 0 amide bonds. The van der Waals surface area contributed by atoms with Crippen molar-refractivity contribution in [2.45, 2.75) is 6.42 Å². The van der Waals surface area contributed by atoms with Crippen LogP contribution in [0.1, 0.15) is 11.1 Å². The van der Waals surface area contributed by atoms with Gasteiger partial charge < -0.3 is 15.6 Å². The number of phenols is 1. The van der Waals surface area contributed by atoms with Crippen molar-refractivity contribution in [2.24, 2.45) is 0 Å². The Labute approximate surface area is 115 Å². The number of hydrogen-bond acceptors (Lipinski definition) is 5. The molecule has 0 atom stereocenters. The number of nitrogens with one attached hydrogen (secondary N) is 1. The van der Waals surface area contributed by atoms with Crippen LogP contribution < -0.4 is 11.1 Å². The Kier molecular flexibility index (Phi) is 3.95. The minimum Gasteiger partial charge on any atom is -0.508 e. The minimum atomic E-state index is -0.146. The van der Waals surface area contributed by atoms with E-state index in [1.54, 1.807) is 36.4 Å². The van der Waals surface area contributed by atoms with E-state index in [1.807, 2.05) is 0 Å². The molecular formula is C14H15N4O2+. The summed E-state index contributed by atoms with van der Waals surface area (Å²) in [7, 11) is 0. The molecule has 0 aliphatic heterocycles. The van der Waals surface area contributed by atoms with Crippen LogP contribution in [0.4, 0.5) is 5.82 Å². The highest BCUT2D eigenvalue weighted by atomic mass is 16.5. The monoisotopic (exact) mass is 271 g/mol. The van der Waals surface area contributed by atoms with Crippen LogP contribution in [0.2, 0.25) is 0 Å². The largest absolute Gasteiger partial charge is 0.508 e. The molecule has 0 saturated carbocycles. The van der Waals surface area contributed by atoms with Crippen LogP contribution in [0.3, 0.4) is 0 Å². The van der Waals surface area contributed by atoms with Gasteiger partial charge in [0.1, 0.15) is 11.6 Å². The van der Waals surface area contributed by atoms with E-state index in [-0.39, 0.29) is 23.4 Å². The van der Waals surface area contributed by atoms with Crippen LogP contribution >= 0.6 is 0 Å². The molecule has 0 radical (unpaired) electrons. The molecule has 0 aliphatic rings. The zero-order valence-corrected chi connectivity index (χ0v) is 10.7. The van der Waals surface area contributed by atoms with Crippen molar-refractivity contribution in [3.8, 4) is 5.75 Å². The highest BCUT2D eigenvalue weighted by molar-refractivity contribution is 6.01. The first-order valence-corrected chi connectivity index (χ1v) is 5.92. The second-order valence-electron chi connectivity index (χ2n) is 4.18. The fourth-order valence-electron chi connectivity index (χ4n) is 1.65. The second kappa shape index (κ2) is 5.83. The van der Waals surface area contributed by atoms with Crippen molar-refractivity contribution in [1.82, 2.24) is 4.98 Å². The number of benzene rings is 1. The average molecular weight is 271 g/mol. The van der Waals surface area contributed by atoms with Gasteiger partial charge in [0.05, 0.1) is 12.0 Å². The van der Waals surface area contributed by atoms with Crippen LogP contribution in [0, 0.1) is 5.41 Å². The lowest BCUT2D eigenvalue weighted by Gasteiger charge is -2.06. The number of pyridine rings is 1. The van der Waals surface area contributed by atoms with Gasteiger partial charge in [-0.2, -0.15) is 0 Å². The summed E-state index contributed by atoms with van der Waals surface area (Å²) in [6.07, 6.45) is 1.87. The summed E-state index contributed by atoms with van der Waals surface area (Å²) >= 11 is 0. The number of anilines is 1. The average Bonchev–Trinajstić information content (AvgIpc) is 2.41. The number of rotatable bonds is 3. The van der Waals surface area contributed by atoms with Crippen molar-refractivity contribution in [3.63, 3.8) is 0 Å². The first kappa shape index (κ1) is 13.5. The van der Waals surface area contributed by atoms with Crippen molar-refractivity contribution in [3.05, 3.63) is 53.7 Å². The standard InChI is InChI=1S/C14H14N4O2/c15-12(8-9-3-5-10(19)6-4-9)20-14(17)11-2-1-7-18-13(11)16/h1-7,15,17,19H,8H2,(H2,16,18)/p+1. The van der Waals surface area contributed by atoms with Gasteiger partial charge in [-0.25, -0.2) is 10.4 Å². The van der Waals surface area contributed by atoms with Gasteiger partial charge in [0.15, 0.2) is 0 Å². The maximum Gasteiger partial charge on any atom is 0.344 e. The number of aromatic nitrogens is 1. The van der Waals surface area contributed by atoms with Gasteiger partial charge in [-0.05, 0) is 29.8 Å². The van der Waals surface area contributed by atoms with E-state index in [0.29, 0.717) is 12.0 Å². The predicted molar refractivity (Wildman–Crippen MR) is 75.3 cm³/mol. The Morgan fingerprint density at radius 2 is 2.00 bits per heavy atom. The molecule has 1 aromatic carbocycles. The van der Waals surface area contributed by atoms with Crippen LogP contribution in [-0.4, -0.2) is 21.9 Å². The topological polar surface area (TPSA) is 118 Å². The molecule has 0 spiro atoms. The second-order valence-corrected chi connectivity index (χ2v) is 4.18. The molecule has 102 valence electrons. The predicted octanol–water partition coefficient (Wildman–Crippen LogP) is 0.112. The molecule has 1 heterocycles. The molecule has 0 aliphatic carbocycles. The van der Waals surface area contributed by atoms with E-state index in [4.69, 9.17) is 21.3 Å². The lowest BCUT2D eigenvalue weighted by molar-refractivity contribution is -0.134. The third-order valence-electron chi connectivity index (χ3n) is 2.63. The summed E-state index contributed by atoms with van der Waals surface area (Å²) < 4.78 is 5.25. The molecule has 6 nitrogen and oxygen atoms in total. The number of phenolic OH excluding ortho intramolecular Hbond substituents is 1. The SMILES string of the molecule is N=C(OC(=[NH2+])Cc1ccc(O)cc1)c1cccnc1N. The maximum atomic E-state index is 9.19. The van der Waals surface area contributed by atoms with Crippen molar-refractivity contribution in [1.29, 1.82) is 5.41 Å². The fourth-order valence-corrected chi connectivity index (χ4v) is 1.65. The molecule has 0 unspecified atom stereocenters. The first-order chi connectivity index (χ1) is 9.56. The van der Waals surface area contributed by atoms with Gasteiger partial charge in [-0.3, -0.25) is 5.41 Å². The molecule has 1 aromatic heterocycles. The molecule has 0 saturated heterocycles. The van der Waals surface area contributed by atoms with Gasteiger partial charge in [0, 0.05) is 6.20 Å². The van der Waals surface area contributed by atoms with Crippen molar-refractivity contribution in [2.75, 3.05) is 5.73 Å². The first-order valence-electron chi connectivity index (χ1n) is 5.92. The summed E-state index contributed by atoms with van der Waals surface area (Å²) in [5.41, 5.74) is 6.91. The smallest absolute Gasteiger partial charge is 0.344 e. The van der Waals surface area contributed by atoms with Gasteiger partial charge in [-0.15, -0.1) is 0 Å². The Morgan fingerprint density at radius 3 is 2.65 bits per heavy atom. The normalized spacial score (nSPS) is 10.0. The summed E-state index contributed by atoms with van der Waals surface area (Å²) in [4.78, 5) is 3.88. The van der Waals surface area contributed by atoms with Gasteiger partial charge in [0.25, 0.3) is 0 Å². The number of hydrogen-bond donors (Lipinski definition) is 4. The van der Waals surface area contributed by atoms with Crippen molar-refractivity contribution < 1.29 is 15.3 Å². The van der Waals surface area contributed by atoms with Gasteiger partial charge in [-0.1, -0.05) is 12.1 Å². The highest BCUT2D eigenvalue weighted by Crippen LogP contribution is 2.12. The summed E-state index contributed by atoms with van der Waals surface area (Å²) in [6, 6.07) is 9.89. The third kappa shape index (κ3) is 3.32. The Hall–Kier alpha value is -2.89. The van der Waals surface area contributed by atoms with E-state index < -0.39 is 0 Å². The fraction of sp³-hybridized carbons (Fsp3) is 0.0714. The van der Waals surface area contributed by atoms with Crippen molar-refractivity contribution >= 4 is 17.6 Å². The summed E-state index contributed by atoms with van der Waals surface area (Å²) in [6.45, 7) is 0. The number of aromatic hydroxyl groups is 1. The zero-order chi connectivity index (χ0) is 14.5. The quantitative estimate of drug-likeness (QED) is 0.468. The van der Waals surface area contributed by atoms with Crippen LogP contribution in [-0.2, 0) is 11.2 Å². The molecule has 2 rings (SSSR count). The van der Waals surface area contributed by atoms with E-state index >= 15 is 0 Å². The van der Waals surface area contributed by atoms with E-state index in [0.717, 1.165) is 5.56 Å². The Bertz CT molecular complexity index is 638. The Morgan fingerprint density at radius 1 is 1.30 bits per heavy atom. The number of ether oxygens (including phenoxy) is 1. The lowest BCUT2D eigenvalue weighted by atomic mass is 10.1. The minimum absolute atomic E-state index is 0.146. The van der Waals surface area contributed by atoms with Crippen LogP contribution in [0.25, 0.3) is 0 Å². The van der Waals surface area contributed by atoms with E-state index in [9.17, 15) is 5.11 Å². The van der Waals surface area contributed by atoms with Crippen LogP contribution in [0.5, 0.6) is 5.75 Å². The van der Waals surface area contributed by atoms with E-state index in [1.165, 1.54) is 6.20 Å². The third-order valence-corrected chi connectivity index (χ3v) is 2.63. The molecular weight excluding hydrogens is 256 g/mol. The summed E-state index contributed by atoms with van der Waals surface area (Å²) in [5.74, 6) is 0.426. The molecule has 6 N–H and O–H groups in total. The Balaban J connectivity index is 2.00. The number of nitrogens with two attached hydrogens (primary N) is 2. The molecule has 0 bridgehead atoms. The summed E-state index contributed by atoms with van der Waals surface area (Å²) in [5, 5.41) is 22.8. The van der Waals surface area contributed by atoms with Crippen LogP contribution in [0.15, 0.2) is 42.6 Å².